The molecule has 2 aromatic carbocycles. The predicted molar refractivity (Wildman–Crippen MR) is 110 cm³/mol. The number of carboxylic acids is 1. The van der Waals surface area contributed by atoms with Crippen LogP contribution in [0.2, 0.25) is 0 Å². The largest absolute Gasteiger partial charge is 0.496 e. The molecule has 0 aliphatic heterocycles. The Labute approximate surface area is 176 Å². The van der Waals surface area contributed by atoms with Gasteiger partial charge >= 0.3 is 16.1 Å². The van der Waals surface area contributed by atoms with E-state index in [1.54, 1.807) is 0 Å². The maximum Gasteiger partial charge on any atom is 0.335 e. The van der Waals surface area contributed by atoms with Gasteiger partial charge in [-0.2, -0.15) is 8.42 Å². The molecule has 0 radical (unpaired) electrons. The Morgan fingerprint density at radius 2 is 1.61 bits per heavy atom. The number of methoxy groups -OCH3 is 3. The first-order valence-electron chi connectivity index (χ1n) is 8.63. The van der Waals surface area contributed by atoms with Crippen molar-refractivity contribution in [2.24, 2.45) is 0 Å². The summed E-state index contributed by atoms with van der Waals surface area (Å²) in [7, 11) is -0.0491. The Kier molecular flexibility index (Phi) is 5.80. The molecule has 0 spiro atoms. The molecule has 1 aromatic heterocycles. The summed E-state index contributed by atoms with van der Waals surface area (Å²) in [5.41, 5.74) is -0.949. The standard InChI is InChI=1S/C20H18O10S/c1-26-12-6-5-10(7-13(12)27-2)18-19(30-31(4,24)25)17(21)16-14(28-3)8-11(20(22)23)9-15(16)29-18/h5-9H,1-4H3,(H,22,23). The number of aromatic carboxylic acids is 1. The second kappa shape index (κ2) is 8.19. The summed E-state index contributed by atoms with van der Waals surface area (Å²) in [6, 6.07) is 6.74. The fourth-order valence-corrected chi connectivity index (χ4v) is 3.40. The van der Waals surface area contributed by atoms with E-state index >= 15 is 0 Å². The lowest BCUT2D eigenvalue weighted by atomic mass is 10.1. The van der Waals surface area contributed by atoms with E-state index in [2.05, 4.69) is 0 Å². The third-order valence-electron chi connectivity index (χ3n) is 4.26. The maximum absolute atomic E-state index is 13.2. The van der Waals surface area contributed by atoms with Crippen LogP contribution in [0.5, 0.6) is 23.0 Å². The SMILES string of the molecule is COc1ccc(-c2oc3cc(C(=O)O)cc(OC)c3c(=O)c2OS(C)(=O)=O)cc1OC. The summed E-state index contributed by atoms with van der Waals surface area (Å²) in [6.07, 6.45) is 0.778. The number of ether oxygens (including phenoxy) is 3. The van der Waals surface area contributed by atoms with Crippen molar-refractivity contribution >= 4 is 27.1 Å². The van der Waals surface area contributed by atoms with Crippen LogP contribution in [0, 0.1) is 0 Å². The summed E-state index contributed by atoms with van der Waals surface area (Å²) >= 11 is 0. The molecule has 0 saturated carbocycles. The van der Waals surface area contributed by atoms with Crippen molar-refractivity contribution < 1.29 is 41.1 Å². The first kappa shape index (κ1) is 22.0. The van der Waals surface area contributed by atoms with Gasteiger partial charge in [0.1, 0.15) is 16.7 Å². The van der Waals surface area contributed by atoms with Crippen LogP contribution in [-0.2, 0) is 10.1 Å². The number of carbonyl (C=O) groups is 1. The van der Waals surface area contributed by atoms with Crippen molar-refractivity contribution in [3.05, 3.63) is 46.1 Å². The predicted octanol–water partition coefficient (Wildman–Crippen LogP) is 2.52. The van der Waals surface area contributed by atoms with Crippen molar-refractivity contribution in [2.75, 3.05) is 27.6 Å². The first-order chi connectivity index (χ1) is 14.6. The van der Waals surface area contributed by atoms with Gasteiger partial charge in [0, 0.05) is 5.56 Å². The third kappa shape index (κ3) is 4.26. The molecule has 0 atom stereocenters. The highest BCUT2D eigenvalue weighted by Gasteiger charge is 2.25. The van der Waals surface area contributed by atoms with Crippen LogP contribution in [0.3, 0.4) is 0 Å². The van der Waals surface area contributed by atoms with E-state index in [0.29, 0.717) is 5.75 Å². The summed E-state index contributed by atoms with van der Waals surface area (Å²) in [5, 5.41) is 9.17. The van der Waals surface area contributed by atoms with Crippen LogP contribution in [-0.4, -0.2) is 47.1 Å². The lowest BCUT2D eigenvalue weighted by molar-refractivity contribution is 0.0696. The number of hydrogen-bond acceptors (Lipinski definition) is 9. The molecule has 10 nitrogen and oxygen atoms in total. The van der Waals surface area contributed by atoms with Gasteiger partial charge < -0.3 is 27.9 Å². The molecule has 0 amide bonds. The van der Waals surface area contributed by atoms with E-state index in [1.807, 2.05) is 0 Å². The zero-order valence-corrected chi connectivity index (χ0v) is 17.7. The molecule has 3 aromatic rings. The number of hydrogen-bond donors (Lipinski definition) is 1. The summed E-state index contributed by atoms with van der Waals surface area (Å²) in [6.45, 7) is 0. The smallest absolute Gasteiger partial charge is 0.335 e. The minimum Gasteiger partial charge on any atom is -0.496 e. The van der Waals surface area contributed by atoms with Crippen LogP contribution in [0.1, 0.15) is 10.4 Å². The van der Waals surface area contributed by atoms with Crippen LogP contribution >= 0.6 is 0 Å². The Bertz CT molecular complexity index is 1340. The number of carboxylic acid groups (broad SMARTS) is 1. The van der Waals surface area contributed by atoms with Crippen LogP contribution < -0.4 is 23.8 Å². The quantitative estimate of drug-likeness (QED) is 0.534. The highest BCUT2D eigenvalue weighted by atomic mass is 32.2. The highest BCUT2D eigenvalue weighted by molar-refractivity contribution is 7.86. The molecule has 0 aliphatic carbocycles. The summed E-state index contributed by atoms with van der Waals surface area (Å²) in [4.78, 5) is 24.7. The molecular formula is C20H18O10S. The van der Waals surface area contributed by atoms with Gasteiger partial charge in [-0.15, -0.1) is 0 Å². The van der Waals surface area contributed by atoms with Gasteiger partial charge in [-0.3, -0.25) is 4.79 Å². The molecule has 11 heteroatoms. The molecule has 1 N–H and O–H groups in total. The highest BCUT2D eigenvalue weighted by Crippen LogP contribution is 2.38. The molecule has 0 aliphatic rings. The van der Waals surface area contributed by atoms with Gasteiger partial charge in [0.25, 0.3) is 0 Å². The van der Waals surface area contributed by atoms with Gasteiger partial charge in [0.2, 0.25) is 11.2 Å². The Balaban J connectivity index is 2.45. The average molecular weight is 450 g/mol. The Morgan fingerprint density at radius 3 is 2.16 bits per heavy atom. The summed E-state index contributed by atoms with van der Waals surface area (Å²) < 4.78 is 50.0. The van der Waals surface area contributed by atoms with E-state index in [1.165, 1.54) is 39.5 Å². The van der Waals surface area contributed by atoms with Crippen LogP contribution in [0.25, 0.3) is 22.3 Å². The van der Waals surface area contributed by atoms with Crippen molar-refractivity contribution in [3.8, 4) is 34.3 Å². The topological polar surface area (TPSA) is 139 Å². The van der Waals surface area contributed by atoms with Crippen molar-refractivity contribution in [1.29, 1.82) is 0 Å². The lowest BCUT2D eigenvalue weighted by Gasteiger charge is -2.14. The molecule has 0 unspecified atom stereocenters. The van der Waals surface area contributed by atoms with Crippen molar-refractivity contribution in [3.63, 3.8) is 0 Å². The molecule has 1 heterocycles. The third-order valence-corrected chi connectivity index (χ3v) is 4.73. The normalized spacial score (nSPS) is 11.2. The van der Waals surface area contributed by atoms with E-state index < -0.39 is 27.3 Å². The minimum absolute atomic E-state index is 0.110. The Hall–Kier alpha value is -3.73. The number of rotatable bonds is 7. The lowest BCUT2D eigenvalue weighted by Crippen LogP contribution is -2.16. The van der Waals surface area contributed by atoms with E-state index in [0.717, 1.165) is 18.4 Å². The van der Waals surface area contributed by atoms with Gasteiger partial charge in [0.15, 0.2) is 17.3 Å². The number of fused-ring (bicyclic) bond motifs is 1. The van der Waals surface area contributed by atoms with Gasteiger partial charge in [-0.05, 0) is 30.3 Å². The maximum atomic E-state index is 13.2. The second-order valence-electron chi connectivity index (χ2n) is 6.30. The number of benzene rings is 2. The molecule has 0 bridgehead atoms. The molecular weight excluding hydrogens is 432 g/mol. The fraction of sp³-hybridized carbons (Fsp3) is 0.200. The monoisotopic (exact) mass is 450 g/mol. The van der Waals surface area contributed by atoms with Gasteiger partial charge in [-0.25, -0.2) is 4.79 Å². The average Bonchev–Trinajstić information content (AvgIpc) is 2.73. The summed E-state index contributed by atoms with van der Waals surface area (Å²) in [5.74, 6) is -1.57. The zero-order chi connectivity index (χ0) is 22.9. The fourth-order valence-electron chi connectivity index (χ4n) is 2.95. The molecule has 3 rings (SSSR count). The molecule has 31 heavy (non-hydrogen) atoms. The molecule has 0 saturated heterocycles. The Morgan fingerprint density at radius 1 is 0.968 bits per heavy atom. The van der Waals surface area contributed by atoms with E-state index in [4.69, 9.17) is 22.8 Å². The van der Waals surface area contributed by atoms with E-state index in [-0.39, 0.29) is 39.4 Å². The molecule has 164 valence electrons. The van der Waals surface area contributed by atoms with Crippen molar-refractivity contribution in [1.82, 2.24) is 0 Å². The van der Waals surface area contributed by atoms with E-state index in [9.17, 15) is 23.1 Å². The van der Waals surface area contributed by atoms with Gasteiger partial charge in [-0.1, -0.05) is 0 Å². The first-order valence-corrected chi connectivity index (χ1v) is 10.4. The van der Waals surface area contributed by atoms with Crippen LogP contribution in [0.15, 0.2) is 39.5 Å². The van der Waals surface area contributed by atoms with Crippen LogP contribution in [0.4, 0.5) is 0 Å². The van der Waals surface area contributed by atoms with Gasteiger partial charge in [0.05, 0.1) is 33.1 Å². The molecule has 0 fully saturated rings. The zero-order valence-electron chi connectivity index (χ0n) is 16.9. The minimum atomic E-state index is -4.12. The second-order valence-corrected chi connectivity index (χ2v) is 7.88. The van der Waals surface area contributed by atoms with Crippen molar-refractivity contribution in [2.45, 2.75) is 0 Å².